The quantitative estimate of drug-likeness (QED) is 0.529. The van der Waals surface area contributed by atoms with E-state index in [4.69, 9.17) is 4.74 Å². The van der Waals surface area contributed by atoms with Crippen LogP contribution in [-0.4, -0.2) is 23.5 Å². The van der Waals surface area contributed by atoms with Crippen molar-refractivity contribution < 1.29 is 18.7 Å². The molecule has 2 aromatic carbocycles. The first-order valence-corrected chi connectivity index (χ1v) is 9.87. The van der Waals surface area contributed by atoms with Gasteiger partial charge in [0.05, 0.1) is 20.9 Å². The Morgan fingerprint density at radius 2 is 2.04 bits per heavy atom. The number of amides is 1. The summed E-state index contributed by atoms with van der Waals surface area (Å²) < 4.78 is 20.3. The Kier molecular flexibility index (Phi) is 6.52. The Hall–Kier alpha value is -2.32. The molecule has 0 fully saturated rings. The maximum atomic E-state index is 13.7. The Balaban J connectivity index is 1.39. The summed E-state index contributed by atoms with van der Waals surface area (Å²) in [4.78, 5) is 28.1. The molecule has 0 saturated carbocycles. The zero-order chi connectivity index (χ0) is 19.2. The number of nitrogens with zero attached hydrogens (tertiary/aromatic N) is 1. The van der Waals surface area contributed by atoms with Gasteiger partial charge in [-0.1, -0.05) is 28.1 Å². The van der Waals surface area contributed by atoms with Crippen molar-refractivity contribution >= 4 is 55.0 Å². The standard InChI is InChI=1S/C19H16BrFN2O3S/c20-12-8-9-14(13(21)10-12)22-17(24)11-26-19(25)7-3-6-18-23-15-4-1-2-5-16(15)27-18/h1-2,4-5,8-10H,3,6-7,11H2,(H,22,24). The van der Waals surface area contributed by atoms with Crippen molar-refractivity contribution in [1.29, 1.82) is 0 Å². The van der Waals surface area contributed by atoms with E-state index in [1.165, 1.54) is 12.1 Å². The highest BCUT2D eigenvalue weighted by Gasteiger charge is 2.11. The van der Waals surface area contributed by atoms with Gasteiger partial charge in [-0.25, -0.2) is 9.37 Å². The van der Waals surface area contributed by atoms with Crippen LogP contribution in [0.15, 0.2) is 46.9 Å². The molecule has 1 amide bonds. The normalized spacial score (nSPS) is 10.7. The summed E-state index contributed by atoms with van der Waals surface area (Å²) in [5.74, 6) is -1.63. The smallest absolute Gasteiger partial charge is 0.306 e. The first kappa shape index (κ1) is 19.4. The molecule has 0 aliphatic heterocycles. The number of para-hydroxylation sites is 1. The molecule has 0 bridgehead atoms. The summed E-state index contributed by atoms with van der Waals surface area (Å²) in [7, 11) is 0. The molecule has 1 aromatic heterocycles. The van der Waals surface area contributed by atoms with E-state index >= 15 is 0 Å². The van der Waals surface area contributed by atoms with E-state index in [1.54, 1.807) is 17.4 Å². The van der Waals surface area contributed by atoms with Crippen LogP contribution in [-0.2, 0) is 20.7 Å². The zero-order valence-corrected chi connectivity index (χ0v) is 16.6. The lowest BCUT2D eigenvalue weighted by Gasteiger charge is -2.07. The summed E-state index contributed by atoms with van der Waals surface area (Å²) in [5, 5.41) is 3.33. The summed E-state index contributed by atoms with van der Waals surface area (Å²) in [6, 6.07) is 12.1. The highest BCUT2D eigenvalue weighted by atomic mass is 79.9. The van der Waals surface area contributed by atoms with Gasteiger partial charge in [-0.3, -0.25) is 9.59 Å². The third-order valence-electron chi connectivity index (χ3n) is 3.68. The van der Waals surface area contributed by atoms with Gasteiger partial charge in [-0.15, -0.1) is 11.3 Å². The van der Waals surface area contributed by atoms with Crippen LogP contribution in [0.3, 0.4) is 0 Å². The van der Waals surface area contributed by atoms with Crippen molar-refractivity contribution in [2.24, 2.45) is 0 Å². The number of aryl methyl sites for hydroxylation is 1. The molecule has 1 heterocycles. The summed E-state index contributed by atoms with van der Waals surface area (Å²) in [6.07, 6.45) is 1.45. The molecule has 0 spiro atoms. The number of hydrogen-bond donors (Lipinski definition) is 1. The van der Waals surface area contributed by atoms with Gasteiger partial charge in [0.15, 0.2) is 6.61 Å². The third kappa shape index (κ3) is 5.58. The Morgan fingerprint density at radius 3 is 2.81 bits per heavy atom. The van der Waals surface area contributed by atoms with Crippen LogP contribution in [0.4, 0.5) is 10.1 Å². The van der Waals surface area contributed by atoms with Gasteiger partial charge < -0.3 is 10.1 Å². The van der Waals surface area contributed by atoms with E-state index in [0.717, 1.165) is 15.2 Å². The molecule has 27 heavy (non-hydrogen) atoms. The number of ether oxygens (including phenoxy) is 1. The largest absolute Gasteiger partial charge is 0.456 e. The van der Waals surface area contributed by atoms with Crippen molar-refractivity contribution in [3.63, 3.8) is 0 Å². The summed E-state index contributed by atoms with van der Waals surface area (Å²) in [5.41, 5.74) is 0.993. The molecule has 0 aliphatic rings. The average molecular weight is 451 g/mol. The molecule has 8 heteroatoms. The average Bonchev–Trinajstić information content (AvgIpc) is 3.05. The van der Waals surface area contributed by atoms with E-state index in [1.807, 2.05) is 24.3 Å². The zero-order valence-electron chi connectivity index (χ0n) is 14.2. The number of esters is 1. The van der Waals surface area contributed by atoms with E-state index in [0.29, 0.717) is 17.3 Å². The number of halogens is 2. The molecule has 1 N–H and O–H groups in total. The number of thiazole rings is 1. The highest BCUT2D eigenvalue weighted by molar-refractivity contribution is 9.10. The molecule has 140 valence electrons. The minimum Gasteiger partial charge on any atom is -0.456 e. The van der Waals surface area contributed by atoms with E-state index in [-0.39, 0.29) is 12.1 Å². The first-order valence-electron chi connectivity index (χ1n) is 8.26. The number of carbonyl (C=O) groups excluding carboxylic acids is 2. The lowest BCUT2D eigenvalue weighted by atomic mass is 10.2. The van der Waals surface area contributed by atoms with Crippen molar-refractivity contribution in [2.75, 3.05) is 11.9 Å². The van der Waals surface area contributed by atoms with Gasteiger partial charge in [0.25, 0.3) is 5.91 Å². The fourth-order valence-electron chi connectivity index (χ4n) is 2.41. The fourth-order valence-corrected chi connectivity index (χ4v) is 3.75. The Bertz CT molecular complexity index is 943. The summed E-state index contributed by atoms with van der Waals surface area (Å²) in [6.45, 7) is -0.449. The molecule has 0 aliphatic carbocycles. The van der Waals surface area contributed by atoms with Crippen LogP contribution in [0, 0.1) is 5.82 Å². The van der Waals surface area contributed by atoms with Crippen molar-refractivity contribution in [3.8, 4) is 0 Å². The molecule has 0 saturated heterocycles. The topological polar surface area (TPSA) is 68.3 Å². The number of carbonyl (C=O) groups is 2. The lowest BCUT2D eigenvalue weighted by molar-refractivity contribution is -0.147. The number of benzene rings is 2. The molecule has 3 aromatic rings. The maximum Gasteiger partial charge on any atom is 0.306 e. The Labute approximate surface area is 167 Å². The third-order valence-corrected chi connectivity index (χ3v) is 5.27. The lowest BCUT2D eigenvalue weighted by Crippen LogP contribution is -2.21. The monoisotopic (exact) mass is 450 g/mol. The molecular formula is C19H16BrFN2O3S. The highest BCUT2D eigenvalue weighted by Crippen LogP contribution is 2.23. The molecule has 3 rings (SSSR count). The molecule has 0 unspecified atom stereocenters. The summed E-state index contributed by atoms with van der Waals surface area (Å²) >= 11 is 4.74. The van der Waals surface area contributed by atoms with E-state index in [2.05, 4.69) is 26.2 Å². The van der Waals surface area contributed by atoms with Gasteiger partial charge in [0.2, 0.25) is 0 Å². The van der Waals surface area contributed by atoms with Crippen molar-refractivity contribution in [1.82, 2.24) is 4.98 Å². The number of aromatic nitrogens is 1. The second-order valence-electron chi connectivity index (χ2n) is 5.76. The van der Waals surface area contributed by atoms with E-state index in [9.17, 15) is 14.0 Å². The van der Waals surface area contributed by atoms with Crippen LogP contribution in [0.2, 0.25) is 0 Å². The van der Waals surface area contributed by atoms with Gasteiger partial charge >= 0.3 is 5.97 Å². The second-order valence-corrected chi connectivity index (χ2v) is 7.79. The number of nitrogens with one attached hydrogen (secondary N) is 1. The molecule has 0 atom stereocenters. The van der Waals surface area contributed by atoms with Gasteiger partial charge in [-0.05, 0) is 43.2 Å². The Morgan fingerprint density at radius 1 is 1.22 bits per heavy atom. The fraction of sp³-hybridized carbons (Fsp3) is 0.211. The van der Waals surface area contributed by atoms with Crippen LogP contribution in [0.5, 0.6) is 0 Å². The SMILES string of the molecule is O=C(COC(=O)CCCc1nc2ccccc2s1)Nc1ccc(Br)cc1F. The molecule has 5 nitrogen and oxygen atoms in total. The number of fused-ring (bicyclic) bond motifs is 1. The van der Waals surface area contributed by atoms with E-state index < -0.39 is 24.3 Å². The van der Waals surface area contributed by atoms with Crippen LogP contribution >= 0.6 is 27.3 Å². The predicted molar refractivity (Wildman–Crippen MR) is 106 cm³/mol. The van der Waals surface area contributed by atoms with Crippen LogP contribution in [0.1, 0.15) is 17.8 Å². The van der Waals surface area contributed by atoms with Gasteiger partial charge in [0, 0.05) is 10.9 Å². The van der Waals surface area contributed by atoms with Gasteiger partial charge in [-0.2, -0.15) is 0 Å². The minimum absolute atomic E-state index is 0.0371. The minimum atomic E-state index is -0.587. The van der Waals surface area contributed by atoms with Gasteiger partial charge in [0.1, 0.15) is 5.82 Å². The molecular weight excluding hydrogens is 435 g/mol. The van der Waals surface area contributed by atoms with Crippen molar-refractivity contribution in [3.05, 3.63) is 57.8 Å². The maximum absolute atomic E-state index is 13.7. The number of hydrogen-bond acceptors (Lipinski definition) is 5. The van der Waals surface area contributed by atoms with Crippen molar-refractivity contribution in [2.45, 2.75) is 19.3 Å². The number of rotatable bonds is 7. The van der Waals surface area contributed by atoms with Crippen LogP contribution < -0.4 is 5.32 Å². The second kappa shape index (κ2) is 9.05. The number of anilines is 1. The predicted octanol–water partition coefficient (Wildman–Crippen LogP) is 4.70. The van der Waals surface area contributed by atoms with Crippen LogP contribution in [0.25, 0.3) is 10.2 Å². The molecule has 0 radical (unpaired) electrons. The first-order chi connectivity index (χ1) is 13.0.